The van der Waals surface area contributed by atoms with E-state index in [0.717, 1.165) is 11.8 Å². The lowest BCUT2D eigenvalue weighted by Gasteiger charge is -2.22. The minimum atomic E-state index is 0.615. The summed E-state index contributed by atoms with van der Waals surface area (Å²) in [6.45, 7) is 2.55. The van der Waals surface area contributed by atoms with E-state index in [0.29, 0.717) is 6.04 Å². The van der Waals surface area contributed by atoms with Crippen molar-refractivity contribution < 1.29 is 4.74 Å². The highest BCUT2D eigenvalue weighted by molar-refractivity contribution is 5.49. The summed E-state index contributed by atoms with van der Waals surface area (Å²) in [5, 5.41) is 3.67. The lowest BCUT2D eigenvalue weighted by molar-refractivity contribution is 0.318. The van der Waals surface area contributed by atoms with Gasteiger partial charge < -0.3 is 10.1 Å². The molecule has 0 spiro atoms. The monoisotopic (exact) mass is 232 g/mol. The average Bonchev–Trinajstić information content (AvgIpc) is 2.94. The van der Waals surface area contributed by atoms with Gasteiger partial charge in [0.05, 0.1) is 7.11 Å². The molecule has 0 saturated carbocycles. The van der Waals surface area contributed by atoms with E-state index in [9.17, 15) is 0 Å². The van der Waals surface area contributed by atoms with Gasteiger partial charge in [-0.2, -0.15) is 0 Å². The molecular weight excluding hydrogens is 212 g/mol. The number of hydrogen-bond acceptors (Lipinski definition) is 3. The second kappa shape index (κ2) is 4.57. The van der Waals surface area contributed by atoms with Gasteiger partial charge >= 0.3 is 0 Å². The van der Waals surface area contributed by atoms with Crippen LogP contribution >= 0.6 is 0 Å². The van der Waals surface area contributed by atoms with E-state index in [4.69, 9.17) is 4.74 Å². The van der Waals surface area contributed by atoms with Crippen LogP contribution in [0.3, 0.4) is 0 Å². The fourth-order valence-corrected chi connectivity index (χ4v) is 3.18. The molecule has 0 aromatic heterocycles. The van der Waals surface area contributed by atoms with Crippen LogP contribution in [0.2, 0.25) is 0 Å². The van der Waals surface area contributed by atoms with Crippen LogP contribution < -0.4 is 10.1 Å². The van der Waals surface area contributed by atoms with E-state index < -0.39 is 0 Å². The maximum atomic E-state index is 5.26. The molecule has 0 amide bonds. The van der Waals surface area contributed by atoms with E-state index in [1.54, 1.807) is 7.11 Å². The summed E-state index contributed by atoms with van der Waals surface area (Å²) in [6.07, 6.45) is 3.98. The number of rotatable bonds is 3. The summed E-state index contributed by atoms with van der Waals surface area (Å²) in [5.74, 6) is 0.927. The van der Waals surface area contributed by atoms with E-state index in [1.807, 2.05) is 12.1 Å². The number of nitrogens with one attached hydrogen (secondary N) is 1. The molecule has 3 rings (SSSR count). The molecule has 0 radical (unpaired) electrons. The van der Waals surface area contributed by atoms with Crippen molar-refractivity contribution in [2.75, 3.05) is 25.5 Å². The van der Waals surface area contributed by atoms with Gasteiger partial charge in [-0.05, 0) is 37.9 Å². The zero-order valence-corrected chi connectivity index (χ0v) is 10.4. The Labute approximate surface area is 103 Å². The quantitative estimate of drug-likeness (QED) is 0.865. The summed E-state index contributed by atoms with van der Waals surface area (Å²) in [6, 6.07) is 9.60. The van der Waals surface area contributed by atoms with Gasteiger partial charge in [0.2, 0.25) is 0 Å². The zero-order chi connectivity index (χ0) is 11.7. The lowest BCUT2D eigenvalue weighted by atomic mass is 10.1. The van der Waals surface area contributed by atoms with Gasteiger partial charge in [0.25, 0.3) is 0 Å². The van der Waals surface area contributed by atoms with Crippen LogP contribution in [-0.2, 0) is 0 Å². The molecule has 0 aliphatic carbocycles. The van der Waals surface area contributed by atoms with E-state index >= 15 is 0 Å². The first-order chi connectivity index (χ1) is 8.36. The molecule has 2 aliphatic rings. The van der Waals surface area contributed by atoms with E-state index in [-0.39, 0.29) is 0 Å². The van der Waals surface area contributed by atoms with Gasteiger partial charge in [-0.1, -0.05) is 6.07 Å². The first-order valence-electron chi connectivity index (χ1n) is 6.51. The summed E-state index contributed by atoms with van der Waals surface area (Å²) >= 11 is 0. The van der Waals surface area contributed by atoms with Crippen molar-refractivity contribution in [3.63, 3.8) is 0 Å². The Kier molecular flexibility index (Phi) is 2.93. The molecule has 2 saturated heterocycles. The molecule has 92 valence electrons. The highest BCUT2D eigenvalue weighted by Gasteiger charge is 2.36. The standard InChI is InChI=1S/C14H20N2O/c1-17-12-5-2-4-11(10-12)15-13-7-9-16-8-3-6-14(13)16/h2,4-5,10,13-15H,3,6-9H2,1H3. The molecule has 3 heteroatoms. The molecule has 2 atom stereocenters. The molecular formula is C14H20N2O. The summed E-state index contributed by atoms with van der Waals surface area (Å²) in [4.78, 5) is 2.62. The fraction of sp³-hybridized carbons (Fsp3) is 0.571. The Morgan fingerprint density at radius 1 is 1.29 bits per heavy atom. The third-order valence-corrected chi connectivity index (χ3v) is 4.03. The number of methoxy groups -OCH3 is 1. The van der Waals surface area contributed by atoms with Crippen LogP contribution in [0.5, 0.6) is 5.75 Å². The third-order valence-electron chi connectivity index (χ3n) is 4.03. The molecule has 3 nitrogen and oxygen atoms in total. The van der Waals surface area contributed by atoms with Gasteiger partial charge in [-0.25, -0.2) is 0 Å². The zero-order valence-electron chi connectivity index (χ0n) is 10.4. The minimum Gasteiger partial charge on any atom is -0.497 e. The van der Waals surface area contributed by atoms with Gasteiger partial charge in [0.15, 0.2) is 0 Å². The van der Waals surface area contributed by atoms with Crippen molar-refractivity contribution in [3.8, 4) is 5.75 Å². The second-order valence-corrected chi connectivity index (χ2v) is 5.02. The van der Waals surface area contributed by atoms with Crippen molar-refractivity contribution in [2.45, 2.75) is 31.3 Å². The minimum absolute atomic E-state index is 0.615. The number of nitrogens with zero attached hydrogens (tertiary/aromatic N) is 1. The average molecular weight is 232 g/mol. The van der Waals surface area contributed by atoms with Crippen LogP contribution in [0.1, 0.15) is 19.3 Å². The Morgan fingerprint density at radius 3 is 3.12 bits per heavy atom. The van der Waals surface area contributed by atoms with Crippen molar-refractivity contribution in [3.05, 3.63) is 24.3 Å². The molecule has 0 bridgehead atoms. The molecule has 1 aromatic carbocycles. The van der Waals surface area contributed by atoms with Crippen molar-refractivity contribution in [2.24, 2.45) is 0 Å². The Bertz CT molecular complexity index is 394. The highest BCUT2D eigenvalue weighted by Crippen LogP contribution is 2.30. The van der Waals surface area contributed by atoms with E-state index in [1.165, 1.54) is 38.0 Å². The third kappa shape index (κ3) is 2.12. The van der Waals surface area contributed by atoms with Crippen LogP contribution in [0.15, 0.2) is 24.3 Å². The molecule has 1 aromatic rings. The Morgan fingerprint density at radius 2 is 2.24 bits per heavy atom. The number of ether oxygens (including phenoxy) is 1. The molecule has 2 fully saturated rings. The Balaban J connectivity index is 1.70. The van der Waals surface area contributed by atoms with Gasteiger partial charge in [0, 0.05) is 30.4 Å². The predicted molar refractivity (Wildman–Crippen MR) is 69.6 cm³/mol. The fourth-order valence-electron chi connectivity index (χ4n) is 3.18. The van der Waals surface area contributed by atoms with Gasteiger partial charge in [-0.15, -0.1) is 0 Å². The molecule has 2 aliphatic heterocycles. The van der Waals surface area contributed by atoms with Gasteiger partial charge in [-0.3, -0.25) is 4.90 Å². The van der Waals surface area contributed by atoms with Crippen molar-refractivity contribution in [1.29, 1.82) is 0 Å². The maximum Gasteiger partial charge on any atom is 0.120 e. The number of fused-ring (bicyclic) bond motifs is 1. The van der Waals surface area contributed by atoms with Crippen LogP contribution in [0, 0.1) is 0 Å². The number of anilines is 1. The van der Waals surface area contributed by atoms with Crippen molar-refractivity contribution in [1.82, 2.24) is 4.90 Å². The molecule has 17 heavy (non-hydrogen) atoms. The number of benzene rings is 1. The normalized spacial score (nSPS) is 28.1. The smallest absolute Gasteiger partial charge is 0.120 e. The van der Waals surface area contributed by atoms with Crippen molar-refractivity contribution >= 4 is 5.69 Å². The van der Waals surface area contributed by atoms with Crippen LogP contribution in [0.25, 0.3) is 0 Å². The summed E-state index contributed by atoms with van der Waals surface area (Å²) < 4.78 is 5.26. The summed E-state index contributed by atoms with van der Waals surface area (Å²) in [7, 11) is 1.72. The molecule has 2 unspecified atom stereocenters. The topological polar surface area (TPSA) is 24.5 Å². The molecule has 2 heterocycles. The number of hydrogen-bond donors (Lipinski definition) is 1. The largest absolute Gasteiger partial charge is 0.497 e. The lowest BCUT2D eigenvalue weighted by Crippen LogP contribution is -2.33. The highest BCUT2D eigenvalue weighted by atomic mass is 16.5. The van der Waals surface area contributed by atoms with Crippen LogP contribution in [-0.4, -0.2) is 37.2 Å². The maximum absolute atomic E-state index is 5.26. The van der Waals surface area contributed by atoms with Crippen LogP contribution in [0.4, 0.5) is 5.69 Å². The van der Waals surface area contributed by atoms with Gasteiger partial charge in [0.1, 0.15) is 5.75 Å². The Hall–Kier alpha value is -1.22. The predicted octanol–water partition coefficient (Wildman–Crippen LogP) is 2.34. The second-order valence-electron chi connectivity index (χ2n) is 5.02. The summed E-state index contributed by atoms with van der Waals surface area (Å²) in [5.41, 5.74) is 1.18. The first kappa shape index (κ1) is 10.9. The SMILES string of the molecule is COc1cccc(NC2CCN3CCCC23)c1. The first-order valence-corrected chi connectivity index (χ1v) is 6.51. The van der Waals surface area contributed by atoms with E-state index in [2.05, 4.69) is 22.3 Å². The molecule has 1 N–H and O–H groups in total.